The maximum absolute atomic E-state index is 5.68. The van der Waals surface area contributed by atoms with Gasteiger partial charge in [-0.05, 0) is 6.42 Å². The van der Waals surface area contributed by atoms with Crippen molar-refractivity contribution >= 4 is 11.3 Å². The molecule has 0 fully saturated rings. The first-order chi connectivity index (χ1) is 7.26. The molecule has 80 valence electrons. The minimum Gasteiger partial charge on any atom is -0.332 e. The first-order valence-corrected chi connectivity index (χ1v) is 5.73. The monoisotopic (exact) mass is 222 g/mol. The molecule has 0 amide bonds. The van der Waals surface area contributed by atoms with Crippen LogP contribution >= 0.6 is 11.3 Å². The number of hydrogen-bond donors (Lipinski definition) is 1. The van der Waals surface area contributed by atoms with Gasteiger partial charge in [-0.15, -0.1) is 11.3 Å². The van der Waals surface area contributed by atoms with Gasteiger partial charge in [0.15, 0.2) is 0 Å². The van der Waals surface area contributed by atoms with Gasteiger partial charge in [-0.25, -0.2) is 9.97 Å². The summed E-state index contributed by atoms with van der Waals surface area (Å²) in [5.41, 5.74) is 7.84. The number of aromatic nitrogens is 3. The van der Waals surface area contributed by atoms with Crippen LogP contribution in [0.15, 0.2) is 12.5 Å². The Labute approximate surface area is 92.8 Å². The molecule has 0 saturated heterocycles. The molecule has 2 rings (SSSR count). The van der Waals surface area contributed by atoms with Gasteiger partial charge >= 0.3 is 0 Å². The van der Waals surface area contributed by atoms with Crippen LogP contribution in [-0.2, 0) is 20.0 Å². The highest BCUT2D eigenvalue weighted by Gasteiger charge is 2.12. The highest BCUT2D eigenvalue weighted by molar-refractivity contribution is 7.15. The first kappa shape index (κ1) is 10.3. The highest BCUT2D eigenvalue weighted by atomic mass is 32.1. The van der Waals surface area contributed by atoms with Gasteiger partial charge in [0.25, 0.3) is 0 Å². The lowest BCUT2D eigenvalue weighted by Gasteiger charge is -1.95. The summed E-state index contributed by atoms with van der Waals surface area (Å²) in [5, 5.41) is 1.01. The number of rotatable bonds is 3. The summed E-state index contributed by atoms with van der Waals surface area (Å²) < 4.78 is 1.97. The minimum absolute atomic E-state index is 0.568. The largest absolute Gasteiger partial charge is 0.332 e. The summed E-state index contributed by atoms with van der Waals surface area (Å²) in [6, 6.07) is 0. The predicted molar refractivity (Wildman–Crippen MR) is 61.6 cm³/mol. The van der Waals surface area contributed by atoms with E-state index in [1.807, 2.05) is 17.8 Å². The van der Waals surface area contributed by atoms with E-state index in [9.17, 15) is 0 Å². The molecule has 2 aromatic rings. The van der Waals surface area contributed by atoms with Crippen molar-refractivity contribution in [1.29, 1.82) is 0 Å². The molecule has 0 atom stereocenters. The molecular formula is C10H14N4S. The lowest BCUT2D eigenvalue weighted by molar-refractivity contribution is 0.916. The van der Waals surface area contributed by atoms with Gasteiger partial charge in [0.05, 0.1) is 23.9 Å². The van der Waals surface area contributed by atoms with Crippen molar-refractivity contribution < 1.29 is 0 Å². The molecule has 5 heteroatoms. The van der Waals surface area contributed by atoms with Crippen molar-refractivity contribution in [2.45, 2.75) is 19.9 Å². The topological polar surface area (TPSA) is 56.7 Å². The van der Waals surface area contributed by atoms with Crippen LogP contribution in [0.5, 0.6) is 0 Å². The van der Waals surface area contributed by atoms with E-state index in [2.05, 4.69) is 16.9 Å². The van der Waals surface area contributed by atoms with Crippen molar-refractivity contribution in [3.8, 4) is 10.7 Å². The normalized spacial score (nSPS) is 10.9. The smallest absolute Gasteiger partial charge is 0.142 e. The molecule has 2 N–H and O–H groups in total. The summed E-state index contributed by atoms with van der Waals surface area (Å²) in [7, 11) is 1.97. The molecule has 0 aromatic carbocycles. The Morgan fingerprint density at radius 2 is 2.33 bits per heavy atom. The van der Waals surface area contributed by atoms with Crippen LogP contribution in [0, 0.1) is 0 Å². The lowest BCUT2D eigenvalue weighted by Crippen LogP contribution is -1.96. The Morgan fingerprint density at radius 3 is 2.80 bits per heavy atom. The van der Waals surface area contributed by atoms with E-state index < -0.39 is 0 Å². The Kier molecular flexibility index (Phi) is 2.83. The molecule has 0 saturated carbocycles. The van der Waals surface area contributed by atoms with E-state index in [1.165, 1.54) is 4.88 Å². The zero-order chi connectivity index (χ0) is 10.8. The van der Waals surface area contributed by atoms with Crippen molar-refractivity contribution in [3.63, 3.8) is 0 Å². The van der Waals surface area contributed by atoms with Gasteiger partial charge in [-0.3, -0.25) is 0 Å². The van der Waals surface area contributed by atoms with Crippen LogP contribution in [0.4, 0.5) is 0 Å². The second kappa shape index (κ2) is 4.12. The molecule has 2 aromatic heterocycles. The zero-order valence-electron chi connectivity index (χ0n) is 8.90. The average molecular weight is 222 g/mol. The number of thiazole rings is 1. The molecule has 0 aliphatic heterocycles. The fraction of sp³-hybridized carbons (Fsp3) is 0.400. The number of nitrogens with two attached hydrogens (primary N) is 1. The van der Waals surface area contributed by atoms with Crippen LogP contribution in [0.3, 0.4) is 0 Å². The predicted octanol–water partition coefficient (Wildman–Crippen LogP) is 1.56. The Balaban J connectivity index is 2.46. The standard InChI is InChI=1S/C10H14N4S/c1-3-7-9(4-11)15-10(13-7)8-5-12-6-14(8)2/h5-6H,3-4,11H2,1-2H3. The van der Waals surface area contributed by atoms with E-state index in [-0.39, 0.29) is 0 Å². The van der Waals surface area contributed by atoms with Gasteiger partial charge in [-0.1, -0.05) is 6.92 Å². The van der Waals surface area contributed by atoms with Crippen LogP contribution in [0.1, 0.15) is 17.5 Å². The van der Waals surface area contributed by atoms with Crippen LogP contribution in [0.25, 0.3) is 10.7 Å². The highest BCUT2D eigenvalue weighted by Crippen LogP contribution is 2.27. The molecule has 0 unspecified atom stereocenters. The third-order valence-electron chi connectivity index (χ3n) is 2.33. The Hall–Kier alpha value is -1.20. The second-order valence-electron chi connectivity index (χ2n) is 3.34. The molecule has 15 heavy (non-hydrogen) atoms. The van der Waals surface area contributed by atoms with Crippen molar-refractivity contribution in [1.82, 2.24) is 14.5 Å². The molecule has 0 aliphatic rings. The minimum atomic E-state index is 0.568. The molecule has 0 aliphatic carbocycles. The van der Waals surface area contributed by atoms with E-state index >= 15 is 0 Å². The summed E-state index contributed by atoms with van der Waals surface area (Å²) >= 11 is 1.66. The summed E-state index contributed by atoms with van der Waals surface area (Å²) in [4.78, 5) is 9.84. The SMILES string of the molecule is CCc1nc(-c2cncn2C)sc1CN. The number of aryl methyl sites for hydroxylation is 2. The summed E-state index contributed by atoms with van der Waals surface area (Å²) in [6.45, 7) is 2.67. The van der Waals surface area contributed by atoms with Gasteiger partial charge in [0, 0.05) is 18.5 Å². The van der Waals surface area contributed by atoms with Crippen molar-refractivity contribution in [3.05, 3.63) is 23.1 Å². The van der Waals surface area contributed by atoms with E-state index in [0.717, 1.165) is 22.8 Å². The molecule has 2 heterocycles. The lowest BCUT2D eigenvalue weighted by atomic mass is 10.3. The average Bonchev–Trinajstić information content (AvgIpc) is 2.82. The maximum Gasteiger partial charge on any atom is 0.142 e. The van der Waals surface area contributed by atoms with E-state index in [4.69, 9.17) is 5.73 Å². The van der Waals surface area contributed by atoms with Crippen LogP contribution in [0.2, 0.25) is 0 Å². The molecule has 0 radical (unpaired) electrons. The fourth-order valence-electron chi connectivity index (χ4n) is 1.49. The quantitative estimate of drug-likeness (QED) is 0.857. The molecule has 0 spiro atoms. The molecular weight excluding hydrogens is 208 g/mol. The van der Waals surface area contributed by atoms with E-state index in [0.29, 0.717) is 6.54 Å². The van der Waals surface area contributed by atoms with Crippen LogP contribution < -0.4 is 5.73 Å². The number of nitrogens with zero attached hydrogens (tertiary/aromatic N) is 3. The zero-order valence-corrected chi connectivity index (χ0v) is 9.71. The van der Waals surface area contributed by atoms with Crippen LogP contribution in [-0.4, -0.2) is 14.5 Å². The third kappa shape index (κ3) is 1.80. The second-order valence-corrected chi connectivity index (χ2v) is 4.42. The first-order valence-electron chi connectivity index (χ1n) is 4.91. The summed E-state index contributed by atoms with van der Waals surface area (Å²) in [5.74, 6) is 0. The number of imidazole rings is 1. The Bertz CT molecular complexity index is 436. The van der Waals surface area contributed by atoms with Crippen molar-refractivity contribution in [2.75, 3.05) is 0 Å². The molecule has 4 nitrogen and oxygen atoms in total. The molecule has 0 bridgehead atoms. The van der Waals surface area contributed by atoms with Crippen molar-refractivity contribution in [2.24, 2.45) is 12.8 Å². The summed E-state index contributed by atoms with van der Waals surface area (Å²) in [6.07, 6.45) is 4.55. The Morgan fingerprint density at radius 1 is 1.53 bits per heavy atom. The van der Waals surface area contributed by atoms with Gasteiger partial charge in [0.1, 0.15) is 5.01 Å². The maximum atomic E-state index is 5.68. The fourth-order valence-corrected chi connectivity index (χ4v) is 2.57. The van der Waals surface area contributed by atoms with Gasteiger partial charge in [-0.2, -0.15) is 0 Å². The van der Waals surface area contributed by atoms with E-state index in [1.54, 1.807) is 17.7 Å². The van der Waals surface area contributed by atoms with Gasteiger partial charge in [0.2, 0.25) is 0 Å². The third-order valence-corrected chi connectivity index (χ3v) is 3.48. The number of hydrogen-bond acceptors (Lipinski definition) is 4. The van der Waals surface area contributed by atoms with Gasteiger partial charge < -0.3 is 10.3 Å².